The number of carbonyl (C=O) groups excluding carboxylic acids is 2. The zero-order valence-corrected chi connectivity index (χ0v) is 17.2. The zero-order valence-electron chi connectivity index (χ0n) is 17.2. The van der Waals surface area contributed by atoms with Gasteiger partial charge in [0.1, 0.15) is 12.3 Å². The number of nitrogens with one attached hydrogen (secondary N) is 1. The van der Waals surface area contributed by atoms with Crippen molar-refractivity contribution in [3.8, 4) is 0 Å². The number of alkyl halides is 6. The highest BCUT2D eigenvalue weighted by molar-refractivity contribution is 5.99. The van der Waals surface area contributed by atoms with E-state index in [-0.39, 0.29) is 18.4 Å². The van der Waals surface area contributed by atoms with Crippen LogP contribution in [0.5, 0.6) is 0 Å². The highest BCUT2D eigenvalue weighted by Crippen LogP contribution is 2.36. The van der Waals surface area contributed by atoms with Crippen LogP contribution in [-0.2, 0) is 21.9 Å². The van der Waals surface area contributed by atoms with Crippen molar-refractivity contribution in [2.45, 2.75) is 38.2 Å². The van der Waals surface area contributed by atoms with Gasteiger partial charge in [-0.2, -0.15) is 26.3 Å². The second-order valence-corrected chi connectivity index (χ2v) is 7.49. The van der Waals surface area contributed by atoms with Crippen molar-refractivity contribution in [1.29, 1.82) is 0 Å². The number of halogens is 6. The van der Waals surface area contributed by atoms with Crippen LogP contribution in [0.4, 0.5) is 32.2 Å². The predicted molar refractivity (Wildman–Crippen MR) is 101 cm³/mol. The van der Waals surface area contributed by atoms with E-state index in [9.17, 15) is 35.9 Å². The smallest absolute Gasteiger partial charge is 0.376 e. The quantitative estimate of drug-likeness (QED) is 0.626. The molecule has 1 aliphatic heterocycles. The van der Waals surface area contributed by atoms with Gasteiger partial charge in [0.2, 0.25) is 5.91 Å². The lowest BCUT2D eigenvalue weighted by molar-refractivity contribution is -0.143. The minimum Gasteiger partial charge on any atom is -0.376 e. The molecule has 180 valence electrons. The lowest BCUT2D eigenvalue weighted by Crippen LogP contribution is -2.42. The topological polar surface area (TPSA) is 84.7 Å². The Bertz CT molecular complexity index is 980. The summed E-state index contributed by atoms with van der Waals surface area (Å²) in [6, 6.07) is 1.99. The first-order valence-corrected chi connectivity index (χ1v) is 9.76. The third-order valence-corrected chi connectivity index (χ3v) is 4.80. The minimum atomic E-state index is -5.11. The average molecular weight is 479 g/mol. The van der Waals surface area contributed by atoms with Gasteiger partial charge < -0.3 is 19.5 Å². The van der Waals surface area contributed by atoms with Gasteiger partial charge in [0.25, 0.3) is 5.91 Å². The molecule has 2 amide bonds. The van der Waals surface area contributed by atoms with Crippen LogP contribution in [0, 0.1) is 6.92 Å². The highest BCUT2D eigenvalue weighted by Gasteiger charge is 2.38. The van der Waals surface area contributed by atoms with E-state index in [1.807, 2.05) is 0 Å². The van der Waals surface area contributed by atoms with E-state index in [1.165, 1.54) is 6.07 Å². The lowest BCUT2D eigenvalue weighted by atomic mass is 10.0. The predicted octanol–water partition coefficient (Wildman–Crippen LogP) is 4.28. The van der Waals surface area contributed by atoms with Crippen molar-refractivity contribution in [3.63, 3.8) is 0 Å². The Kier molecular flexibility index (Phi) is 7.00. The summed E-state index contributed by atoms with van der Waals surface area (Å²) >= 11 is 0. The molecular formula is C20H19F6N3O4. The maximum atomic E-state index is 13.2. The van der Waals surface area contributed by atoms with Crippen LogP contribution in [0.1, 0.15) is 40.1 Å². The summed E-state index contributed by atoms with van der Waals surface area (Å²) in [5.74, 6) is -1.51. The largest absolute Gasteiger partial charge is 0.416 e. The van der Waals surface area contributed by atoms with Gasteiger partial charge in [-0.1, -0.05) is 5.16 Å². The van der Waals surface area contributed by atoms with E-state index in [0.29, 0.717) is 37.3 Å². The number of benzene rings is 1. The third kappa shape index (κ3) is 6.46. The number of anilines is 1. The number of hydrogen-bond acceptors (Lipinski definition) is 5. The summed E-state index contributed by atoms with van der Waals surface area (Å²) in [6.45, 7) is 1.12. The van der Waals surface area contributed by atoms with Crippen LogP contribution in [0.3, 0.4) is 0 Å². The van der Waals surface area contributed by atoms with Gasteiger partial charge in [0.05, 0.1) is 17.2 Å². The second-order valence-electron chi connectivity index (χ2n) is 7.49. The number of aromatic nitrogens is 1. The minimum absolute atomic E-state index is 0.0421. The molecule has 1 aromatic heterocycles. The molecule has 1 aliphatic rings. The van der Waals surface area contributed by atoms with Crippen LogP contribution in [0.2, 0.25) is 0 Å². The fourth-order valence-electron chi connectivity index (χ4n) is 3.30. The van der Waals surface area contributed by atoms with Gasteiger partial charge in [-0.05, 0) is 38.0 Å². The van der Waals surface area contributed by atoms with Gasteiger partial charge in [-0.15, -0.1) is 0 Å². The average Bonchev–Trinajstić information content (AvgIpc) is 3.36. The maximum absolute atomic E-state index is 13.2. The molecule has 13 heteroatoms. The molecule has 1 atom stereocenters. The number of carbonyl (C=O) groups is 2. The molecule has 1 N–H and O–H groups in total. The van der Waals surface area contributed by atoms with Crippen molar-refractivity contribution in [2.75, 3.05) is 25.0 Å². The third-order valence-electron chi connectivity index (χ3n) is 4.80. The Morgan fingerprint density at radius 3 is 2.21 bits per heavy atom. The number of amides is 2. The van der Waals surface area contributed by atoms with Crippen molar-refractivity contribution >= 4 is 17.6 Å². The fourth-order valence-corrected chi connectivity index (χ4v) is 3.30. The summed E-state index contributed by atoms with van der Waals surface area (Å²) in [5, 5.41) is 5.92. The molecule has 0 saturated carbocycles. The van der Waals surface area contributed by atoms with Gasteiger partial charge in [-0.3, -0.25) is 9.59 Å². The first-order valence-electron chi connectivity index (χ1n) is 9.76. The van der Waals surface area contributed by atoms with Gasteiger partial charge in [0, 0.05) is 24.8 Å². The Morgan fingerprint density at radius 1 is 1.09 bits per heavy atom. The fraction of sp³-hybridized carbons (Fsp3) is 0.450. The molecule has 1 saturated heterocycles. The normalized spacial score (nSPS) is 16.6. The van der Waals surface area contributed by atoms with Crippen molar-refractivity contribution in [3.05, 3.63) is 46.7 Å². The lowest BCUT2D eigenvalue weighted by Gasteiger charge is -2.25. The number of nitrogens with zero attached hydrogens (tertiary/aromatic N) is 2. The monoisotopic (exact) mass is 479 g/mol. The first kappa shape index (κ1) is 24.6. The number of rotatable bonds is 6. The number of hydrogen-bond donors (Lipinski definition) is 1. The Labute approximate surface area is 183 Å². The van der Waals surface area contributed by atoms with Crippen LogP contribution >= 0.6 is 0 Å². The van der Waals surface area contributed by atoms with Crippen molar-refractivity contribution < 1.29 is 45.2 Å². The molecule has 0 radical (unpaired) electrons. The van der Waals surface area contributed by atoms with Crippen LogP contribution in [0.25, 0.3) is 0 Å². The maximum Gasteiger partial charge on any atom is 0.416 e. The van der Waals surface area contributed by atoms with E-state index in [1.54, 1.807) is 6.92 Å². The van der Waals surface area contributed by atoms with E-state index < -0.39 is 53.5 Å². The van der Waals surface area contributed by atoms with Crippen LogP contribution < -0.4 is 5.32 Å². The molecule has 2 heterocycles. The van der Waals surface area contributed by atoms with Crippen molar-refractivity contribution in [1.82, 2.24) is 10.1 Å². The van der Waals surface area contributed by atoms with E-state index >= 15 is 0 Å². The standard InChI is InChI=1S/C20H19F6N3O4/c1-11-5-16(28-33-11)27-17(30)10-29(9-15-3-2-4-32-15)18(31)12-6-13(19(21,22)23)8-14(7-12)20(24,25)26/h5-8,15H,2-4,9-10H2,1H3,(H,27,28,30). The molecular weight excluding hydrogens is 460 g/mol. The Hall–Kier alpha value is -3.09. The summed E-state index contributed by atoms with van der Waals surface area (Å²) < 4.78 is 89.4. The molecule has 1 fully saturated rings. The van der Waals surface area contributed by atoms with Gasteiger partial charge in [-0.25, -0.2) is 0 Å². The summed E-state index contributed by atoms with van der Waals surface area (Å²) in [6.07, 6.45) is -9.55. The Morgan fingerprint density at radius 2 is 1.73 bits per heavy atom. The zero-order chi connectivity index (χ0) is 24.4. The van der Waals surface area contributed by atoms with Gasteiger partial charge >= 0.3 is 12.4 Å². The molecule has 0 spiro atoms. The van der Waals surface area contributed by atoms with Crippen LogP contribution in [-0.4, -0.2) is 47.7 Å². The second kappa shape index (κ2) is 9.41. The van der Waals surface area contributed by atoms with E-state index in [4.69, 9.17) is 9.26 Å². The van der Waals surface area contributed by atoms with E-state index in [2.05, 4.69) is 10.5 Å². The van der Waals surface area contributed by atoms with Crippen LogP contribution in [0.15, 0.2) is 28.8 Å². The molecule has 0 bridgehead atoms. The molecule has 3 rings (SSSR count). The molecule has 7 nitrogen and oxygen atoms in total. The SMILES string of the molecule is Cc1cc(NC(=O)CN(CC2CCCO2)C(=O)c2cc(C(F)(F)F)cc(C(F)(F)F)c2)no1. The molecule has 2 aromatic rings. The first-order chi connectivity index (χ1) is 15.3. The summed E-state index contributed by atoms with van der Waals surface area (Å²) in [7, 11) is 0. The summed E-state index contributed by atoms with van der Waals surface area (Å²) in [4.78, 5) is 26.3. The molecule has 1 unspecified atom stereocenters. The number of ether oxygens (including phenoxy) is 1. The molecule has 33 heavy (non-hydrogen) atoms. The molecule has 0 aliphatic carbocycles. The summed E-state index contributed by atoms with van der Waals surface area (Å²) in [5.41, 5.74) is -4.10. The van der Waals surface area contributed by atoms with Crippen molar-refractivity contribution in [2.24, 2.45) is 0 Å². The molecule has 1 aromatic carbocycles. The van der Waals surface area contributed by atoms with Gasteiger partial charge in [0.15, 0.2) is 5.82 Å². The highest BCUT2D eigenvalue weighted by atomic mass is 19.4. The number of aryl methyl sites for hydroxylation is 1. The van der Waals surface area contributed by atoms with E-state index in [0.717, 1.165) is 4.90 Å². The Balaban J connectivity index is 1.90.